The summed E-state index contributed by atoms with van der Waals surface area (Å²) in [5.74, 6) is -0.980. The van der Waals surface area contributed by atoms with E-state index < -0.39 is 5.97 Å². The summed E-state index contributed by atoms with van der Waals surface area (Å²) in [5, 5.41) is 10.2. The van der Waals surface area contributed by atoms with E-state index >= 15 is 0 Å². The molecule has 0 saturated carbocycles. The van der Waals surface area contributed by atoms with E-state index in [-0.39, 0.29) is 12.5 Å². The average molecular weight is 207 g/mol. The van der Waals surface area contributed by atoms with Crippen molar-refractivity contribution in [3.8, 4) is 0 Å². The van der Waals surface area contributed by atoms with E-state index in [1.165, 1.54) is 11.1 Å². The van der Waals surface area contributed by atoms with Gasteiger partial charge in [0.2, 0.25) is 0 Å². The molecule has 82 valence electrons. The lowest BCUT2D eigenvalue weighted by Crippen LogP contribution is -2.53. The van der Waals surface area contributed by atoms with E-state index in [9.17, 15) is 9.90 Å². The summed E-state index contributed by atoms with van der Waals surface area (Å²) in [5.41, 5.74) is 6.41. The van der Waals surface area contributed by atoms with Crippen molar-refractivity contribution in [2.75, 3.05) is 0 Å². The van der Waals surface area contributed by atoms with Gasteiger partial charge in [0, 0.05) is 18.0 Å². The van der Waals surface area contributed by atoms with Gasteiger partial charge in [-0.1, -0.05) is 29.8 Å². The summed E-state index contributed by atoms with van der Waals surface area (Å²) in [6.07, 6.45) is 1.54. The van der Waals surface area contributed by atoms with Crippen LogP contribution in [-0.2, 0) is 4.79 Å². The van der Waals surface area contributed by atoms with Crippen LogP contribution in [0.15, 0.2) is 24.3 Å². The number of hydrogen-bond acceptors (Lipinski definition) is 2. The molecule has 0 unspecified atom stereocenters. The average Bonchev–Trinajstić information content (AvgIpc) is 2.18. The first-order valence-electron chi connectivity index (χ1n) is 5.19. The Morgan fingerprint density at radius 2 is 2.00 bits per heavy atom. The number of carbonyl (C=O) groups is 1. The van der Waals surface area contributed by atoms with Crippen molar-refractivity contribution in [2.45, 2.75) is 32.2 Å². The largest absolute Gasteiger partial charge is 0.550 e. The van der Waals surface area contributed by atoms with Crippen LogP contribution in [0, 0.1) is 6.92 Å². The van der Waals surface area contributed by atoms with E-state index in [4.69, 9.17) is 0 Å². The summed E-state index contributed by atoms with van der Waals surface area (Å²) < 4.78 is 0. The van der Waals surface area contributed by atoms with Gasteiger partial charge >= 0.3 is 0 Å². The van der Waals surface area contributed by atoms with Crippen molar-refractivity contribution in [1.29, 1.82) is 0 Å². The van der Waals surface area contributed by atoms with Crippen LogP contribution in [0.1, 0.15) is 36.4 Å². The van der Waals surface area contributed by atoms with Crippen LogP contribution >= 0.6 is 0 Å². The Kier molecular flexibility index (Phi) is 4.31. The molecule has 0 fully saturated rings. The number of aryl methyl sites for hydroxylation is 1. The topological polar surface area (TPSA) is 67.8 Å². The van der Waals surface area contributed by atoms with Gasteiger partial charge in [-0.15, -0.1) is 0 Å². The summed E-state index contributed by atoms with van der Waals surface area (Å²) >= 11 is 0. The molecule has 1 atom stereocenters. The highest BCUT2D eigenvalue weighted by Gasteiger charge is 2.08. The first kappa shape index (κ1) is 11.7. The molecular weight excluding hydrogens is 190 g/mol. The van der Waals surface area contributed by atoms with Crippen molar-refractivity contribution < 1.29 is 15.6 Å². The summed E-state index contributed by atoms with van der Waals surface area (Å²) in [6.45, 7) is 2.04. The third-order valence-corrected chi connectivity index (χ3v) is 2.48. The molecule has 0 aliphatic heterocycles. The zero-order valence-electron chi connectivity index (χ0n) is 9.03. The maximum atomic E-state index is 10.2. The summed E-state index contributed by atoms with van der Waals surface area (Å²) in [4.78, 5) is 10.2. The molecular formula is C12H17NO2. The molecule has 3 N–H and O–H groups in total. The van der Waals surface area contributed by atoms with Gasteiger partial charge in [0.25, 0.3) is 0 Å². The van der Waals surface area contributed by atoms with Crippen LogP contribution in [0.25, 0.3) is 0 Å². The lowest BCUT2D eigenvalue weighted by atomic mass is 10.0. The molecule has 0 spiro atoms. The van der Waals surface area contributed by atoms with Crippen LogP contribution in [0.3, 0.4) is 0 Å². The van der Waals surface area contributed by atoms with Gasteiger partial charge in [0.15, 0.2) is 0 Å². The standard InChI is InChI=1S/C12H17NO2/c1-9-5-7-10(8-6-9)11(13)3-2-4-12(14)15/h5-8,11H,2-4,13H2,1H3,(H,14,15)/t11-/m1/s1. The van der Waals surface area contributed by atoms with Gasteiger partial charge in [-0.3, -0.25) is 0 Å². The fourth-order valence-corrected chi connectivity index (χ4v) is 1.50. The second kappa shape index (κ2) is 5.51. The maximum absolute atomic E-state index is 10.2. The Balaban J connectivity index is 2.43. The Morgan fingerprint density at radius 3 is 2.53 bits per heavy atom. The number of benzene rings is 1. The minimum atomic E-state index is -0.980. The van der Waals surface area contributed by atoms with Crippen LogP contribution < -0.4 is 10.8 Å². The smallest absolute Gasteiger partial charge is 0.110 e. The maximum Gasteiger partial charge on any atom is 0.110 e. The summed E-state index contributed by atoms with van der Waals surface area (Å²) in [6, 6.07) is 8.36. The Morgan fingerprint density at radius 1 is 1.40 bits per heavy atom. The monoisotopic (exact) mass is 207 g/mol. The van der Waals surface area contributed by atoms with Gasteiger partial charge in [0.05, 0.1) is 0 Å². The quantitative estimate of drug-likeness (QED) is 0.749. The lowest BCUT2D eigenvalue weighted by Gasteiger charge is -2.09. The Labute approximate surface area is 89.9 Å². The van der Waals surface area contributed by atoms with Crippen molar-refractivity contribution >= 4 is 5.97 Å². The van der Waals surface area contributed by atoms with Crippen LogP contribution in [0.5, 0.6) is 0 Å². The number of hydrogen-bond donors (Lipinski definition) is 1. The third kappa shape index (κ3) is 4.13. The number of quaternary nitrogens is 1. The van der Waals surface area contributed by atoms with Gasteiger partial charge in [0.1, 0.15) is 6.04 Å². The van der Waals surface area contributed by atoms with E-state index in [0.29, 0.717) is 6.42 Å². The van der Waals surface area contributed by atoms with Gasteiger partial charge < -0.3 is 15.6 Å². The molecule has 3 heteroatoms. The number of aliphatic carboxylic acids is 1. The van der Waals surface area contributed by atoms with Crippen LogP contribution in [0.2, 0.25) is 0 Å². The van der Waals surface area contributed by atoms with Gasteiger partial charge in [-0.05, 0) is 19.8 Å². The first-order chi connectivity index (χ1) is 7.09. The molecule has 0 aliphatic rings. The molecule has 1 rings (SSSR count). The predicted octanol–water partition coefficient (Wildman–Crippen LogP) is 0.198. The minimum absolute atomic E-state index is 0.123. The molecule has 0 aliphatic carbocycles. The van der Waals surface area contributed by atoms with Crippen molar-refractivity contribution in [3.05, 3.63) is 35.4 Å². The predicted molar refractivity (Wildman–Crippen MR) is 55.7 cm³/mol. The second-order valence-electron chi connectivity index (χ2n) is 3.87. The lowest BCUT2D eigenvalue weighted by molar-refractivity contribution is -0.428. The number of carbonyl (C=O) groups excluding carboxylic acids is 1. The van der Waals surface area contributed by atoms with Crippen molar-refractivity contribution in [1.82, 2.24) is 0 Å². The fourth-order valence-electron chi connectivity index (χ4n) is 1.50. The molecule has 1 aromatic carbocycles. The Hall–Kier alpha value is -1.35. The van der Waals surface area contributed by atoms with Crippen LogP contribution in [0.4, 0.5) is 0 Å². The van der Waals surface area contributed by atoms with Crippen molar-refractivity contribution in [3.63, 3.8) is 0 Å². The number of carboxylic acids is 1. The van der Waals surface area contributed by atoms with E-state index in [1.807, 2.05) is 31.2 Å². The van der Waals surface area contributed by atoms with Crippen molar-refractivity contribution in [2.24, 2.45) is 0 Å². The molecule has 0 aromatic heterocycles. The van der Waals surface area contributed by atoms with Gasteiger partial charge in [-0.25, -0.2) is 0 Å². The molecule has 0 radical (unpaired) electrons. The highest BCUT2D eigenvalue weighted by Crippen LogP contribution is 2.15. The van der Waals surface area contributed by atoms with Gasteiger partial charge in [-0.2, -0.15) is 0 Å². The minimum Gasteiger partial charge on any atom is -0.550 e. The van der Waals surface area contributed by atoms with E-state index in [1.54, 1.807) is 0 Å². The third-order valence-electron chi connectivity index (χ3n) is 2.48. The molecule has 1 aromatic rings. The highest BCUT2D eigenvalue weighted by atomic mass is 16.4. The van der Waals surface area contributed by atoms with Crippen LogP contribution in [-0.4, -0.2) is 5.97 Å². The zero-order chi connectivity index (χ0) is 11.3. The molecule has 15 heavy (non-hydrogen) atoms. The molecule has 0 saturated heterocycles. The molecule has 0 heterocycles. The number of carboxylic acid groups (broad SMARTS) is 1. The number of rotatable bonds is 5. The van der Waals surface area contributed by atoms with E-state index in [0.717, 1.165) is 6.42 Å². The normalized spacial score (nSPS) is 12.4. The second-order valence-corrected chi connectivity index (χ2v) is 3.87. The zero-order valence-corrected chi connectivity index (χ0v) is 9.03. The molecule has 3 nitrogen and oxygen atoms in total. The van der Waals surface area contributed by atoms with E-state index in [2.05, 4.69) is 5.73 Å². The fraction of sp³-hybridized carbons (Fsp3) is 0.417. The molecule has 0 amide bonds. The first-order valence-corrected chi connectivity index (χ1v) is 5.19. The molecule has 0 bridgehead atoms. The SMILES string of the molecule is Cc1ccc([C@H]([NH3+])CCCC(=O)[O-])cc1. The Bertz CT molecular complexity index is 319. The highest BCUT2D eigenvalue weighted by molar-refractivity contribution is 5.64. The summed E-state index contributed by atoms with van der Waals surface area (Å²) in [7, 11) is 0.